The summed E-state index contributed by atoms with van der Waals surface area (Å²) in [5.74, 6) is -0.352. The molecule has 0 fully saturated rings. The monoisotopic (exact) mass is 340 g/mol. The molecule has 0 saturated heterocycles. The topological polar surface area (TPSA) is 72.6 Å². The van der Waals surface area contributed by atoms with Crippen molar-refractivity contribution in [2.45, 2.75) is 52.1 Å². The van der Waals surface area contributed by atoms with Crippen LogP contribution in [0.2, 0.25) is 0 Å². The van der Waals surface area contributed by atoms with Gasteiger partial charge in [0.15, 0.2) is 0 Å². The number of carbonyl (C=O) groups excluding carboxylic acids is 2. The van der Waals surface area contributed by atoms with Crippen molar-refractivity contribution >= 4 is 30.0 Å². The molecule has 0 aliphatic carbocycles. The van der Waals surface area contributed by atoms with E-state index in [2.05, 4.69) is 0 Å². The first-order valence-electron chi connectivity index (χ1n) is 7.82. The lowest BCUT2D eigenvalue weighted by Gasteiger charge is -2.37. The van der Waals surface area contributed by atoms with Crippen LogP contribution < -0.4 is 10.6 Å². The summed E-state index contributed by atoms with van der Waals surface area (Å²) < 4.78 is 5.23. The van der Waals surface area contributed by atoms with Gasteiger partial charge in [-0.05, 0) is 43.5 Å². The van der Waals surface area contributed by atoms with Gasteiger partial charge in [0.25, 0.3) is 0 Å². The first-order valence-corrected chi connectivity index (χ1v) is 7.82. The molecule has 2 N–H and O–H groups in total. The van der Waals surface area contributed by atoms with E-state index < -0.39 is 0 Å². The van der Waals surface area contributed by atoms with Gasteiger partial charge in [-0.1, -0.05) is 13.3 Å². The summed E-state index contributed by atoms with van der Waals surface area (Å²) in [6.45, 7) is 6.00. The van der Waals surface area contributed by atoms with Crippen LogP contribution in [0.4, 0.5) is 5.69 Å². The normalized spacial score (nSPS) is 19.6. The van der Waals surface area contributed by atoms with E-state index in [0.29, 0.717) is 18.6 Å². The van der Waals surface area contributed by atoms with Gasteiger partial charge in [-0.2, -0.15) is 0 Å². The van der Waals surface area contributed by atoms with E-state index in [1.165, 1.54) is 0 Å². The fourth-order valence-corrected chi connectivity index (χ4v) is 2.91. The summed E-state index contributed by atoms with van der Waals surface area (Å²) in [7, 11) is 0. The van der Waals surface area contributed by atoms with Crippen molar-refractivity contribution in [1.29, 1.82) is 0 Å². The van der Waals surface area contributed by atoms with E-state index in [0.717, 1.165) is 24.1 Å². The molecule has 0 aromatic heterocycles. The second kappa shape index (κ2) is 8.31. The van der Waals surface area contributed by atoms with Crippen LogP contribution in [0.3, 0.4) is 0 Å². The van der Waals surface area contributed by atoms with Crippen molar-refractivity contribution in [3.63, 3.8) is 0 Å². The van der Waals surface area contributed by atoms with Crippen LogP contribution in [-0.4, -0.2) is 24.5 Å². The SMILES string of the molecule is CCCCOC(=O)c1ccc2c(c1)[C@H](N)C[C@H](C)N2C(C)=O.Cl. The summed E-state index contributed by atoms with van der Waals surface area (Å²) in [5, 5.41) is 0. The maximum Gasteiger partial charge on any atom is 0.338 e. The highest BCUT2D eigenvalue weighted by Crippen LogP contribution is 2.36. The van der Waals surface area contributed by atoms with Crippen molar-refractivity contribution in [3.8, 4) is 0 Å². The molecule has 0 bridgehead atoms. The van der Waals surface area contributed by atoms with E-state index >= 15 is 0 Å². The largest absolute Gasteiger partial charge is 0.462 e. The van der Waals surface area contributed by atoms with Crippen molar-refractivity contribution in [3.05, 3.63) is 29.3 Å². The van der Waals surface area contributed by atoms with Crippen LogP contribution in [0.15, 0.2) is 18.2 Å². The molecule has 2 atom stereocenters. The number of esters is 1. The Balaban J connectivity index is 0.00000264. The van der Waals surface area contributed by atoms with E-state index in [4.69, 9.17) is 10.5 Å². The van der Waals surface area contributed by atoms with Crippen molar-refractivity contribution in [2.24, 2.45) is 5.73 Å². The standard InChI is InChI=1S/C17H24N2O3.ClH/c1-4-5-8-22-17(21)13-6-7-16-14(10-13)15(18)9-11(2)19(16)12(3)20;/h6-7,10-11,15H,4-5,8-9,18H2,1-3H3;1H/t11-,15+;/m0./s1. The second-order valence-electron chi connectivity index (χ2n) is 5.84. The average molecular weight is 341 g/mol. The molecule has 0 radical (unpaired) electrons. The zero-order valence-corrected chi connectivity index (χ0v) is 14.7. The van der Waals surface area contributed by atoms with Crippen molar-refractivity contribution < 1.29 is 14.3 Å². The molecule has 1 aliphatic heterocycles. The zero-order valence-electron chi connectivity index (χ0n) is 13.9. The number of unbranched alkanes of at least 4 members (excludes halogenated alkanes) is 1. The maximum atomic E-state index is 12.0. The molecule has 1 heterocycles. The minimum Gasteiger partial charge on any atom is -0.462 e. The van der Waals surface area contributed by atoms with Gasteiger partial charge in [0.2, 0.25) is 5.91 Å². The Bertz CT molecular complexity index is 577. The molecule has 0 spiro atoms. The summed E-state index contributed by atoms with van der Waals surface area (Å²) in [6, 6.07) is 5.14. The van der Waals surface area contributed by atoms with Gasteiger partial charge in [-0.3, -0.25) is 4.79 Å². The van der Waals surface area contributed by atoms with E-state index in [-0.39, 0.29) is 36.4 Å². The first kappa shape index (κ1) is 19.5. The third-order valence-corrected chi connectivity index (χ3v) is 4.03. The Morgan fingerprint density at radius 2 is 2.09 bits per heavy atom. The fourth-order valence-electron chi connectivity index (χ4n) is 2.91. The molecule has 1 amide bonds. The Morgan fingerprint density at radius 1 is 1.39 bits per heavy atom. The molecule has 1 aromatic rings. The average Bonchev–Trinajstić information content (AvgIpc) is 2.46. The van der Waals surface area contributed by atoms with E-state index in [1.54, 1.807) is 30.0 Å². The van der Waals surface area contributed by atoms with Gasteiger partial charge in [-0.15, -0.1) is 12.4 Å². The van der Waals surface area contributed by atoms with Crippen molar-refractivity contribution in [2.75, 3.05) is 11.5 Å². The summed E-state index contributed by atoms with van der Waals surface area (Å²) in [5.41, 5.74) is 8.32. The highest BCUT2D eigenvalue weighted by atomic mass is 35.5. The predicted octanol–water partition coefficient (Wildman–Crippen LogP) is 3.21. The van der Waals surface area contributed by atoms with Gasteiger partial charge in [0.05, 0.1) is 12.2 Å². The van der Waals surface area contributed by atoms with Gasteiger partial charge >= 0.3 is 5.97 Å². The number of nitrogens with two attached hydrogens (primary N) is 1. The molecule has 2 rings (SSSR count). The van der Waals surface area contributed by atoms with Gasteiger partial charge in [0, 0.05) is 24.7 Å². The van der Waals surface area contributed by atoms with E-state index in [9.17, 15) is 9.59 Å². The number of carbonyl (C=O) groups is 2. The summed E-state index contributed by atoms with van der Waals surface area (Å²) in [4.78, 5) is 25.7. The van der Waals surface area contributed by atoms with Crippen LogP contribution >= 0.6 is 12.4 Å². The number of rotatable bonds is 4. The number of anilines is 1. The minimum absolute atomic E-state index is 0. The lowest BCUT2D eigenvalue weighted by Crippen LogP contribution is -2.43. The number of hydrogen-bond donors (Lipinski definition) is 1. The zero-order chi connectivity index (χ0) is 16.3. The second-order valence-corrected chi connectivity index (χ2v) is 5.84. The molecule has 0 saturated carbocycles. The number of fused-ring (bicyclic) bond motifs is 1. The molecule has 0 unspecified atom stereocenters. The number of nitrogens with zero attached hydrogens (tertiary/aromatic N) is 1. The Hall–Kier alpha value is -1.59. The van der Waals surface area contributed by atoms with E-state index in [1.807, 2.05) is 13.8 Å². The van der Waals surface area contributed by atoms with Crippen LogP contribution in [0.25, 0.3) is 0 Å². The van der Waals surface area contributed by atoms with Gasteiger partial charge < -0.3 is 15.4 Å². The smallest absolute Gasteiger partial charge is 0.338 e. The molecule has 5 nitrogen and oxygen atoms in total. The lowest BCUT2D eigenvalue weighted by atomic mass is 9.91. The number of amides is 1. The Kier molecular flexibility index (Phi) is 7.03. The minimum atomic E-state index is -0.337. The Labute approximate surface area is 143 Å². The summed E-state index contributed by atoms with van der Waals surface area (Å²) in [6.07, 6.45) is 2.51. The highest BCUT2D eigenvalue weighted by molar-refractivity contribution is 5.95. The van der Waals surface area contributed by atoms with Crippen LogP contribution in [0.1, 0.15) is 62.0 Å². The van der Waals surface area contributed by atoms with Crippen LogP contribution in [0, 0.1) is 0 Å². The van der Waals surface area contributed by atoms with Crippen molar-refractivity contribution in [1.82, 2.24) is 0 Å². The highest BCUT2D eigenvalue weighted by Gasteiger charge is 2.31. The quantitative estimate of drug-likeness (QED) is 0.674. The van der Waals surface area contributed by atoms with Gasteiger partial charge in [0.1, 0.15) is 0 Å². The lowest BCUT2D eigenvalue weighted by molar-refractivity contribution is -0.117. The molecule has 6 heteroatoms. The molecular formula is C17H25ClN2O3. The molecule has 1 aromatic carbocycles. The number of halogens is 1. The number of benzene rings is 1. The number of hydrogen-bond acceptors (Lipinski definition) is 4. The third-order valence-electron chi connectivity index (χ3n) is 4.03. The molecule has 128 valence electrons. The molecule has 23 heavy (non-hydrogen) atoms. The van der Waals surface area contributed by atoms with Crippen LogP contribution in [-0.2, 0) is 9.53 Å². The summed E-state index contributed by atoms with van der Waals surface area (Å²) >= 11 is 0. The maximum absolute atomic E-state index is 12.0. The first-order chi connectivity index (χ1) is 10.5. The molecule has 1 aliphatic rings. The van der Waals surface area contributed by atoms with Gasteiger partial charge in [-0.25, -0.2) is 4.79 Å². The predicted molar refractivity (Wildman–Crippen MR) is 93.0 cm³/mol. The third kappa shape index (κ3) is 4.24. The van der Waals surface area contributed by atoms with Crippen LogP contribution in [0.5, 0.6) is 0 Å². The number of ether oxygens (including phenoxy) is 1. The fraction of sp³-hybridized carbons (Fsp3) is 0.529. The Morgan fingerprint density at radius 3 is 2.70 bits per heavy atom. The molecular weight excluding hydrogens is 316 g/mol.